The number of aromatic nitrogens is 3. The molecule has 6 nitrogen and oxygen atoms in total. The van der Waals surface area contributed by atoms with Gasteiger partial charge in [-0.05, 0) is 33.6 Å². The molecule has 1 aromatic rings. The summed E-state index contributed by atoms with van der Waals surface area (Å²) in [4.78, 5) is 11.8. The van der Waals surface area contributed by atoms with Crippen molar-refractivity contribution in [3.05, 3.63) is 11.6 Å². The number of carbonyl (C=O) groups excluding carboxylic acids is 1. The van der Waals surface area contributed by atoms with Gasteiger partial charge >= 0.3 is 5.97 Å². The van der Waals surface area contributed by atoms with E-state index in [1.165, 1.54) is 0 Å². The van der Waals surface area contributed by atoms with E-state index in [2.05, 4.69) is 10.2 Å². The molecule has 1 fully saturated rings. The van der Waals surface area contributed by atoms with Gasteiger partial charge < -0.3 is 14.0 Å². The van der Waals surface area contributed by atoms with Gasteiger partial charge in [0.2, 0.25) is 5.82 Å². The molecule has 0 amide bonds. The fourth-order valence-electron chi connectivity index (χ4n) is 2.21. The van der Waals surface area contributed by atoms with E-state index < -0.39 is 5.97 Å². The highest BCUT2D eigenvalue weighted by Gasteiger charge is 2.32. The zero-order valence-electron chi connectivity index (χ0n) is 11.1. The minimum absolute atomic E-state index is 0.242. The van der Waals surface area contributed by atoms with E-state index in [0.29, 0.717) is 19.0 Å². The van der Waals surface area contributed by atoms with Crippen LogP contribution < -0.4 is 0 Å². The molecule has 2 rings (SSSR count). The largest absolute Gasteiger partial charge is 0.460 e. The van der Waals surface area contributed by atoms with E-state index in [1.54, 1.807) is 11.5 Å². The second-order valence-electron chi connectivity index (χ2n) is 4.78. The Morgan fingerprint density at radius 2 is 2.33 bits per heavy atom. The minimum atomic E-state index is -0.431. The SMILES string of the molecule is CCOC(=O)c1nnc(C)n1CC1(C)CCCO1. The molecule has 1 aliphatic rings. The number of aryl methyl sites for hydroxylation is 1. The Balaban J connectivity index is 2.21. The third kappa shape index (κ3) is 2.53. The minimum Gasteiger partial charge on any atom is -0.460 e. The van der Waals surface area contributed by atoms with Gasteiger partial charge in [-0.1, -0.05) is 0 Å². The first-order valence-corrected chi connectivity index (χ1v) is 6.26. The molecule has 18 heavy (non-hydrogen) atoms. The van der Waals surface area contributed by atoms with Gasteiger partial charge in [0.05, 0.1) is 18.8 Å². The first kappa shape index (κ1) is 13.0. The van der Waals surface area contributed by atoms with Crippen molar-refractivity contribution in [2.24, 2.45) is 0 Å². The maximum Gasteiger partial charge on any atom is 0.376 e. The molecule has 6 heteroatoms. The molecule has 1 saturated heterocycles. The van der Waals surface area contributed by atoms with Crippen LogP contribution in [0.4, 0.5) is 0 Å². The molecular formula is C12H19N3O3. The number of esters is 1. The summed E-state index contributed by atoms with van der Waals surface area (Å²) in [5.41, 5.74) is -0.242. The van der Waals surface area contributed by atoms with Crippen LogP contribution in [0.2, 0.25) is 0 Å². The van der Waals surface area contributed by atoms with Crippen molar-refractivity contribution in [2.45, 2.75) is 45.8 Å². The summed E-state index contributed by atoms with van der Waals surface area (Å²) in [6, 6.07) is 0. The van der Waals surface area contributed by atoms with Gasteiger partial charge in [0, 0.05) is 6.61 Å². The molecule has 1 aromatic heterocycles. The van der Waals surface area contributed by atoms with Crippen molar-refractivity contribution >= 4 is 5.97 Å². The van der Waals surface area contributed by atoms with Crippen LogP contribution in [0, 0.1) is 6.92 Å². The number of rotatable bonds is 4. The van der Waals surface area contributed by atoms with E-state index in [1.807, 2.05) is 13.8 Å². The molecular weight excluding hydrogens is 234 g/mol. The van der Waals surface area contributed by atoms with E-state index in [-0.39, 0.29) is 11.4 Å². The second-order valence-corrected chi connectivity index (χ2v) is 4.78. The molecule has 2 heterocycles. The predicted octanol–water partition coefficient (Wildman–Crippen LogP) is 1.33. The first-order valence-electron chi connectivity index (χ1n) is 6.26. The van der Waals surface area contributed by atoms with E-state index in [4.69, 9.17) is 9.47 Å². The Labute approximate surface area is 106 Å². The van der Waals surface area contributed by atoms with Crippen LogP contribution in [-0.4, -0.2) is 39.5 Å². The monoisotopic (exact) mass is 253 g/mol. The van der Waals surface area contributed by atoms with Gasteiger partial charge in [-0.2, -0.15) is 0 Å². The van der Waals surface area contributed by atoms with Crippen molar-refractivity contribution in [3.63, 3.8) is 0 Å². The van der Waals surface area contributed by atoms with Gasteiger partial charge in [-0.15, -0.1) is 10.2 Å². The highest BCUT2D eigenvalue weighted by atomic mass is 16.5. The second kappa shape index (κ2) is 5.06. The summed E-state index contributed by atoms with van der Waals surface area (Å²) >= 11 is 0. The zero-order chi connectivity index (χ0) is 13.2. The number of carbonyl (C=O) groups is 1. The van der Waals surface area contributed by atoms with Crippen LogP contribution in [-0.2, 0) is 16.0 Å². The lowest BCUT2D eigenvalue weighted by Crippen LogP contribution is -2.31. The highest BCUT2D eigenvalue weighted by molar-refractivity contribution is 5.85. The zero-order valence-corrected chi connectivity index (χ0v) is 11.1. The summed E-state index contributed by atoms with van der Waals surface area (Å²) in [6.07, 6.45) is 2.03. The molecule has 0 radical (unpaired) electrons. The van der Waals surface area contributed by atoms with Crippen molar-refractivity contribution < 1.29 is 14.3 Å². The maximum atomic E-state index is 11.8. The van der Waals surface area contributed by atoms with Crippen molar-refractivity contribution in [1.29, 1.82) is 0 Å². The van der Waals surface area contributed by atoms with Crippen LogP contribution in [0.1, 0.15) is 43.1 Å². The standard InChI is InChI=1S/C12H19N3O3/c1-4-17-11(16)10-14-13-9(2)15(10)8-12(3)6-5-7-18-12/h4-8H2,1-3H3. The maximum absolute atomic E-state index is 11.8. The Morgan fingerprint density at radius 1 is 1.56 bits per heavy atom. The van der Waals surface area contributed by atoms with Crippen LogP contribution in [0.5, 0.6) is 0 Å². The van der Waals surface area contributed by atoms with Crippen molar-refractivity contribution in [2.75, 3.05) is 13.2 Å². The first-order chi connectivity index (χ1) is 8.56. The molecule has 1 unspecified atom stereocenters. The smallest absolute Gasteiger partial charge is 0.376 e. The molecule has 0 aromatic carbocycles. The summed E-state index contributed by atoms with van der Waals surface area (Å²) in [5, 5.41) is 7.84. The lowest BCUT2D eigenvalue weighted by molar-refractivity contribution is 0.00449. The van der Waals surface area contributed by atoms with Gasteiger partial charge in [0.1, 0.15) is 5.82 Å². The topological polar surface area (TPSA) is 66.2 Å². The normalized spacial score (nSPS) is 23.3. The molecule has 0 aliphatic carbocycles. The third-order valence-corrected chi connectivity index (χ3v) is 3.19. The van der Waals surface area contributed by atoms with Crippen molar-refractivity contribution in [3.8, 4) is 0 Å². The average molecular weight is 253 g/mol. The number of hydrogen-bond acceptors (Lipinski definition) is 5. The Morgan fingerprint density at radius 3 is 2.94 bits per heavy atom. The summed E-state index contributed by atoms with van der Waals surface area (Å²) in [5.74, 6) is 0.528. The fraction of sp³-hybridized carbons (Fsp3) is 0.750. The Kier molecular flexibility index (Phi) is 3.65. The molecule has 0 spiro atoms. The van der Waals surface area contributed by atoms with E-state index in [0.717, 1.165) is 19.4 Å². The van der Waals surface area contributed by atoms with Gasteiger partial charge in [0.15, 0.2) is 0 Å². The third-order valence-electron chi connectivity index (χ3n) is 3.19. The number of hydrogen-bond donors (Lipinski definition) is 0. The molecule has 100 valence electrons. The van der Waals surface area contributed by atoms with Crippen LogP contribution in [0.25, 0.3) is 0 Å². The summed E-state index contributed by atoms with van der Waals surface area (Å²) < 4.78 is 12.5. The Hall–Kier alpha value is -1.43. The molecule has 1 aliphatic heterocycles. The average Bonchev–Trinajstić information content (AvgIpc) is 2.88. The lowest BCUT2D eigenvalue weighted by Gasteiger charge is -2.24. The molecule has 0 saturated carbocycles. The highest BCUT2D eigenvalue weighted by Crippen LogP contribution is 2.27. The Bertz CT molecular complexity index is 436. The van der Waals surface area contributed by atoms with Crippen LogP contribution in [0.3, 0.4) is 0 Å². The fourth-order valence-corrected chi connectivity index (χ4v) is 2.21. The predicted molar refractivity (Wildman–Crippen MR) is 64.3 cm³/mol. The lowest BCUT2D eigenvalue weighted by atomic mass is 10.0. The summed E-state index contributed by atoms with van der Waals surface area (Å²) in [6.45, 7) is 7.33. The quantitative estimate of drug-likeness (QED) is 0.757. The molecule has 0 bridgehead atoms. The summed E-state index contributed by atoms with van der Waals surface area (Å²) in [7, 11) is 0. The van der Waals surface area contributed by atoms with Gasteiger partial charge in [-0.3, -0.25) is 0 Å². The van der Waals surface area contributed by atoms with Crippen molar-refractivity contribution in [1.82, 2.24) is 14.8 Å². The van der Waals surface area contributed by atoms with Gasteiger partial charge in [0.25, 0.3) is 0 Å². The van der Waals surface area contributed by atoms with E-state index >= 15 is 0 Å². The number of ether oxygens (including phenoxy) is 2. The van der Waals surface area contributed by atoms with Gasteiger partial charge in [-0.25, -0.2) is 4.79 Å². The molecule has 0 N–H and O–H groups in total. The number of nitrogens with zero attached hydrogens (tertiary/aromatic N) is 3. The van der Waals surface area contributed by atoms with Crippen LogP contribution in [0.15, 0.2) is 0 Å². The molecule has 1 atom stereocenters. The van der Waals surface area contributed by atoms with E-state index in [9.17, 15) is 4.79 Å². The van der Waals surface area contributed by atoms with Crippen LogP contribution >= 0.6 is 0 Å².